The summed E-state index contributed by atoms with van der Waals surface area (Å²) in [4.78, 5) is 12.2. The molecule has 3 aromatic carbocycles. The largest absolute Gasteiger partial charge is 0.493 e. The van der Waals surface area contributed by atoms with E-state index in [0.717, 1.165) is 28.9 Å². The second kappa shape index (κ2) is 10.9. The summed E-state index contributed by atoms with van der Waals surface area (Å²) in [5, 5.41) is 2.96. The molecule has 30 heavy (non-hydrogen) atoms. The first-order valence-electron chi connectivity index (χ1n) is 9.91. The number of methoxy groups -OCH3 is 2. The van der Waals surface area contributed by atoms with Gasteiger partial charge in [-0.05, 0) is 47.4 Å². The smallest absolute Gasteiger partial charge is 0.224 e. The maximum absolute atomic E-state index is 12.2. The number of nitrogens with one attached hydrogen (secondary N) is 1. The molecule has 0 aliphatic heterocycles. The van der Waals surface area contributed by atoms with Crippen molar-refractivity contribution in [3.8, 4) is 17.2 Å². The first-order chi connectivity index (χ1) is 14.7. The third kappa shape index (κ3) is 6.27. The van der Waals surface area contributed by atoms with E-state index in [2.05, 4.69) is 5.32 Å². The normalized spacial score (nSPS) is 10.3. The van der Waals surface area contributed by atoms with Gasteiger partial charge in [-0.15, -0.1) is 0 Å². The Morgan fingerprint density at radius 3 is 2.20 bits per heavy atom. The zero-order chi connectivity index (χ0) is 21.2. The van der Waals surface area contributed by atoms with E-state index < -0.39 is 0 Å². The highest BCUT2D eigenvalue weighted by atomic mass is 16.5. The highest BCUT2D eigenvalue weighted by molar-refractivity contribution is 5.78. The minimum absolute atomic E-state index is 0.00608. The van der Waals surface area contributed by atoms with Crippen molar-refractivity contribution >= 4 is 5.91 Å². The summed E-state index contributed by atoms with van der Waals surface area (Å²) in [6, 6.07) is 23.4. The van der Waals surface area contributed by atoms with Gasteiger partial charge in [-0.1, -0.05) is 48.5 Å². The molecule has 5 heteroatoms. The molecular formula is C25H27NO4. The van der Waals surface area contributed by atoms with E-state index in [9.17, 15) is 4.79 Å². The second-order valence-electron chi connectivity index (χ2n) is 6.88. The van der Waals surface area contributed by atoms with Crippen LogP contribution in [-0.2, 0) is 24.2 Å². The van der Waals surface area contributed by atoms with Crippen LogP contribution >= 0.6 is 0 Å². The van der Waals surface area contributed by atoms with Gasteiger partial charge in [0.2, 0.25) is 5.91 Å². The molecule has 0 aliphatic carbocycles. The van der Waals surface area contributed by atoms with Gasteiger partial charge in [-0.3, -0.25) is 4.79 Å². The van der Waals surface area contributed by atoms with Crippen molar-refractivity contribution in [2.24, 2.45) is 0 Å². The van der Waals surface area contributed by atoms with E-state index in [1.165, 1.54) is 0 Å². The number of hydrogen-bond acceptors (Lipinski definition) is 4. The first-order valence-corrected chi connectivity index (χ1v) is 9.91. The van der Waals surface area contributed by atoms with Crippen LogP contribution in [0.1, 0.15) is 16.7 Å². The third-order valence-electron chi connectivity index (χ3n) is 4.72. The lowest BCUT2D eigenvalue weighted by Crippen LogP contribution is -2.27. The molecule has 1 N–H and O–H groups in total. The average molecular weight is 405 g/mol. The van der Waals surface area contributed by atoms with Crippen molar-refractivity contribution in [3.63, 3.8) is 0 Å². The van der Waals surface area contributed by atoms with E-state index in [0.29, 0.717) is 31.1 Å². The van der Waals surface area contributed by atoms with Gasteiger partial charge < -0.3 is 19.5 Å². The topological polar surface area (TPSA) is 56.8 Å². The number of benzene rings is 3. The molecule has 0 heterocycles. The summed E-state index contributed by atoms with van der Waals surface area (Å²) in [6.45, 7) is 1.09. The third-order valence-corrected chi connectivity index (χ3v) is 4.72. The molecule has 0 saturated carbocycles. The molecule has 3 aromatic rings. The van der Waals surface area contributed by atoms with Crippen molar-refractivity contribution in [2.75, 3.05) is 20.8 Å². The standard InChI is InChI=1S/C25H27NO4/c1-28-23-13-10-20(16-24(23)29-2)14-15-26-25(27)17-19-8-11-22(12-9-19)30-18-21-6-4-3-5-7-21/h3-13,16H,14-15,17-18H2,1-2H3,(H,26,27). The molecule has 0 spiro atoms. The van der Waals surface area contributed by atoms with Crippen LogP contribution in [0.3, 0.4) is 0 Å². The fourth-order valence-electron chi connectivity index (χ4n) is 3.07. The van der Waals surface area contributed by atoms with Gasteiger partial charge in [0.1, 0.15) is 12.4 Å². The number of carbonyl (C=O) groups excluding carboxylic acids is 1. The highest BCUT2D eigenvalue weighted by Crippen LogP contribution is 2.27. The minimum Gasteiger partial charge on any atom is -0.493 e. The van der Waals surface area contributed by atoms with Crippen molar-refractivity contribution in [3.05, 3.63) is 89.5 Å². The molecule has 5 nitrogen and oxygen atoms in total. The summed E-state index contributed by atoms with van der Waals surface area (Å²) in [6.07, 6.45) is 1.06. The monoisotopic (exact) mass is 405 g/mol. The molecule has 1 amide bonds. The quantitative estimate of drug-likeness (QED) is 0.550. The second-order valence-corrected chi connectivity index (χ2v) is 6.88. The first kappa shape index (κ1) is 21.2. The summed E-state index contributed by atoms with van der Waals surface area (Å²) in [7, 11) is 3.22. The Morgan fingerprint density at radius 2 is 1.50 bits per heavy atom. The van der Waals surface area contributed by atoms with Crippen LogP contribution in [0.15, 0.2) is 72.8 Å². The maximum Gasteiger partial charge on any atom is 0.224 e. The van der Waals surface area contributed by atoms with E-state index in [1.54, 1.807) is 14.2 Å². The van der Waals surface area contributed by atoms with Gasteiger partial charge >= 0.3 is 0 Å². The lowest BCUT2D eigenvalue weighted by Gasteiger charge is -2.10. The fourth-order valence-corrected chi connectivity index (χ4v) is 3.07. The van der Waals surface area contributed by atoms with Crippen LogP contribution in [0, 0.1) is 0 Å². The Morgan fingerprint density at radius 1 is 0.800 bits per heavy atom. The molecular weight excluding hydrogens is 378 g/mol. The van der Waals surface area contributed by atoms with Gasteiger partial charge in [0, 0.05) is 6.54 Å². The van der Waals surface area contributed by atoms with E-state index >= 15 is 0 Å². The lowest BCUT2D eigenvalue weighted by molar-refractivity contribution is -0.120. The number of rotatable bonds is 10. The molecule has 0 bridgehead atoms. The zero-order valence-corrected chi connectivity index (χ0v) is 17.4. The predicted molar refractivity (Wildman–Crippen MR) is 117 cm³/mol. The van der Waals surface area contributed by atoms with Crippen LogP contribution in [0.2, 0.25) is 0 Å². The summed E-state index contributed by atoms with van der Waals surface area (Å²) in [5.74, 6) is 2.17. The summed E-state index contributed by atoms with van der Waals surface area (Å²) >= 11 is 0. The summed E-state index contributed by atoms with van der Waals surface area (Å²) in [5.41, 5.74) is 3.15. The number of carbonyl (C=O) groups is 1. The van der Waals surface area contributed by atoms with Crippen LogP contribution in [0.25, 0.3) is 0 Å². The van der Waals surface area contributed by atoms with E-state index in [-0.39, 0.29) is 5.91 Å². The summed E-state index contributed by atoms with van der Waals surface area (Å²) < 4.78 is 16.3. The van der Waals surface area contributed by atoms with Gasteiger partial charge in [-0.25, -0.2) is 0 Å². The Labute approximate surface area is 177 Å². The molecule has 0 aromatic heterocycles. The van der Waals surface area contributed by atoms with Crippen LogP contribution in [0.5, 0.6) is 17.2 Å². The Hall–Kier alpha value is -3.47. The Kier molecular flexibility index (Phi) is 7.72. The molecule has 0 saturated heterocycles. The van der Waals surface area contributed by atoms with Crippen LogP contribution in [-0.4, -0.2) is 26.7 Å². The van der Waals surface area contributed by atoms with Crippen molar-refractivity contribution < 1.29 is 19.0 Å². The number of amides is 1. The predicted octanol–water partition coefficient (Wildman–Crippen LogP) is 4.18. The van der Waals surface area contributed by atoms with Gasteiger partial charge in [0.05, 0.1) is 20.6 Å². The van der Waals surface area contributed by atoms with E-state index in [1.807, 2.05) is 72.8 Å². The highest BCUT2D eigenvalue weighted by Gasteiger charge is 2.07. The van der Waals surface area contributed by atoms with Crippen molar-refractivity contribution in [1.82, 2.24) is 5.32 Å². The molecule has 0 fully saturated rings. The maximum atomic E-state index is 12.2. The molecule has 3 rings (SSSR count). The number of hydrogen-bond donors (Lipinski definition) is 1. The zero-order valence-electron chi connectivity index (χ0n) is 17.4. The fraction of sp³-hybridized carbons (Fsp3) is 0.240. The molecule has 0 aliphatic rings. The molecule has 0 unspecified atom stereocenters. The van der Waals surface area contributed by atoms with Crippen LogP contribution in [0.4, 0.5) is 0 Å². The minimum atomic E-state index is -0.00608. The molecule has 0 radical (unpaired) electrons. The van der Waals surface area contributed by atoms with Crippen molar-refractivity contribution in [1.29, 1.82) is 0 Å². The number of ether oxygens (including phenoxy) is 3. The van der Waals surface area contributed by atoms with Gasteiger partial charge in [0.15, 0.2) is 11.5 Å². The Balaban J connectivity index is 1.42. The van der Waals surface area contributed by atoms with Gasteiger partial charge in [0.25, 0.3) is 0 Å². The average Bonchev–Trinajstić information content (AvgIpc) is 2.79. The lowest BCUT2D eigenvalue weighted by atomic mass is 10.1. The van der Waals surface area contributed by atoms with E-state index in [4.69, 9.17) is 14.2 Å². The molecule has 0 atom stereocenters. The van der Waals surface area contributed by atoms with Gasteiger partial charge in [-0.2, -0.15) is 0 Å². The Bertz CT molecular complexity index is 939. The molecule has 156 valence electrons. The van der Waals surface area contributed by atoms with Crippen molar-refractivity contribution in [2.45, 2.75) is 19.4 Å². The SMILES string of the molecule is COc1ccc(CCNC(=O)Cc2ccc(OCc3ccccc3)cc2)cc1OC. The van der Waals surface area contributed by atoms with Crippen LogP contribution < -0.4 is 19.5 Å².